The number of hydrogen-bond donors (Lipinski definition) is 2. The quantitative estimate of drug-likeness (QED) is 0.814. The van der Waals surface area contributed by atoms with Crippen LogP contribution in [0, 0.1) is 6.92 Å². The monoisotopic (exact) mass is 217 g/mol. The molecule has 0 aliphatic heterocycles. The second-order valence-electron chi connectivity index (χ2n) is 3.49. The molecule has 0 saturated carbocycles. The van der Waals surface area contributed by atoms with Crippen LogP contribution in [0.25, 0.3) is 11.3 Å². The zero-order chi connectivity index (χ0) is 11.5. The molecule has 0 aliphatic rings. The number of rotatable bonds is 3. The van der Waals surface area contributed by atoms with Gasteiger partial charge in [-0.25, -0.2) is 0 Å². The lowest BCUT2D eigenvalue weighted by Gasteiger charge is -1.97. The third-order valence-corrected chi connectivity index (χ3v) is 2.37. The SMILES string of the molecule is Cc1c(-c2cccnc2)n[nH]c1CC(=O)O. The Balaban J connectivity index is 2.37. The minimum atomic E-state index is -0.871. The molecule has 0 atom stereocenters. The topological polar surface area (TPSA) is 78.9 Å². The Bertz CT molecular complexity index is 505. The summed E-state index contributed by atoms with van der Waals surface area (Å²) in [5.74, 6) is -0.871. The molecule has 0 bridgehead atoms. The van der Waals surface area contributed by atoms with Crippen LogP contribution in [-0.4, -0.2) is 26.3 Å². The highest BCUT2D eigenvalue weighted by Gasteiger charge is 2.12. The second kappa shape index (κ2) is 4.14. The third-order valence-electron chi connectivity index (χ3n) is 2.37. The molecule has 2 N–H and O–H groups in total. The van der Waals surface area contributed by atoms with Gasteiger partial charge in [0.05, 0.1) is 12.1 Å². The fraction of sp³-hybridized carbons (Fsp3) is 0.182. The van der Waals surface area contributed by atoms with Crippen molar-refractivity contribution in [2.75, 3.05) is 0 Å². The Hall–Kier alpha value is -2.17. The van der Waals surface area contributed by atoms with Crippen molar-refractivity contribution in [2.24, 2.45) is 0 Å². The zero-order valence-electron chi connectivity index (χ0n) is 8.77. The average Bonchev–Trinajstić information content (AvgIpc) is 2.61. The summed E-state index contributed by atoms with van der Waals surface area (Å²) in [6, 6.07) is 3.71. The third kappa shape index (κ3) is 1.93. The van der Waals surface area contributed by atoms with Gasteiger partial charge in [-0.05, 0) is 24.6 Å². The summed E-state index contributed by atoms with van der Waals surface area (Å²) in [7, 11) is 0. The maximum absolute atomic E-state index is 10.6. The predicted octanol–water partition coefficient (Wildman–Crippen LogP) is 1.41. The molecule has 5 heteroatoms. The lowest BCUT2D eigenvalue weighted by atomic mass is 10.1. The predicted molar refractivity (Wildman–Crippen MR) is 57.9 cm³/mol. The lowest BCUT2D eigenvalue weighted by molar-refractivity contribution is -0.136. The maximum atomic E-state index is 10.6. The lowest BCUT2D eigenvalue weighted by Crippen LogP contribution is -2.01. The van der Waals surface area contributed by atoms with Crippen molar-refractivity contribution < 1.29 is 9.90 Å². The van der Waals surface area contributed by atoms with Gasteiger partial charge in [0.15, 0.2) is 0 Å². The minimum Gasteiger partial charge on any atom is -0.481 e. The van der Waals surface area contributed by atoms with Gasteiger partial charge in [0.1, 0.15) is 0 Å². The summed E-state index contributed by atoms with van der Waals surface area (Å²) in [5, 5.41) is 15.6. The first-order valence-corrected chi connectivity index (χ1v) is 4.84. The van der Waals surface area contributed by atoms with Crippen LogP contribution in [-0.2, 0) is 11.2 Å². The number of carboxylic acids is 1. The van der Waals surface area contributed by atoms with Gasteiger partial charge in [0, 0.05) is 23.7 Å². The Morgan fingerprint density at radius 1 is 1.56 bits per heavy atom. The summed E-state index contributed by atoms with van der Waals surface area (Å²) in [4.78, 5) is 14.6. The minimum absolute atomic E-state index is 0.0426. The molecular weight excluding hydrogens is 206 g/mol. The van der Waals surface area contributed by atoms with Crippen molar-refractivity contribution in [3.63, 3.8) is 0 Å². The molecule has 0 spiro atoms. The highest BCUT2D eigenvalue weighted by atomic mass is 16.4. The molecule has 5 nitrogen and oxygen atoms in total. The van der Waals surface area contributed by atoms with Crippen LogP contribution >= 0.6 is 0 Å². The summed E-state index contributed by atoms with van der Waals surface area (Å²) >= 11 is 0. The largest absolute Gasteiger partial charge is 0.481 e. The Labute approximate surface area is 92.2 Å². The van der Waals surface area contributed by atoms with E-state index in [1.165, 1.54) is 0 Å². The van der Waals surface area contributed by atoms with Crippen molar-refractivity contribution in [2.45, 2.75) is 13.3 Å². The van der Waals surface area contributed by atoms with Gasteiger partial charge in [-0.3, -0.25) is 14.9 Å². The Kier molecular flexibility index (Phi) is 2.68. The number of aromatic amines is 1. The first-order chi connectivity index (χ1) is 7.68. The maximum Gasteiger partial charge on any atom is 0.309 e. The highest BCUT2D eigenvalue weighted by molar-refractivity contribution is 5.72. The fourth-order valence-corrected chi connectivity index (χ4v) is 1.54. The highest BCUT2D eigenvalue weighted by Crippen LogP contribution is 2.22. The molecular formula is C11H11N3O2. The van der Waals surface area contributed by atoms with Crippen LogP contribution < -0.4 is 0 Å². The standard InChI is InChI=1S/C11H11N3O2/c1-7-9(5-10(15)16)13-14-11(7)8-3-2-4-12-6-8/h2-4,6H,5H2,1H3,(H,13,14)(H,15,16). The van der Waals surface area contributed by atoms with Crippen LogP contribution in [0.5, 0.6) is 0 Å². The van der Waals surface area contributed by atoms with E-state index in [0.717, 1.165) is 16.8 Å². The van der Waals surface area contributed by atoms with Crippen LogP contribution in [0.15, 0.2) is 24.5 Å². The van der Waals surface area contributed by atoms with E-state index < -0.39 is 5.97 Å². The van der Waals surface area contributed by atoms with Crippen molar-refractivity contribution in [3.8, 4) is 11.3 Å². The number of H-pyrrole nitrogens is 1. The van der Waals surface area contributed by atoms with Gasteiger partial charge in [-0.2, -0.15) is 5.10 Å². The van der Waals surface area contributed by atoms with Gasteiger partial charge in [0.2, 0.25) is 0 Å². The number of nitrogens with one attached hydrogen (secondary N) is 1. The van der Waals surface area contributed by atoms with E-state index >= 15 is 0 Å². The molecule has 0 saturated heterocycles. The molecule has 0 aromatic carbocycles. The van der Waals surface area contributed by atoms with E-state index in [4.69, 9.17) is 5.11 Å². The van der Waals surface area contributed by atoms with Crippen molar-refractivity contribution in [1.82, 2.24) is 15.2 Å². The normalized spacial score (nSPS) is 10.3. The van der Waals surface area contributed by atoms with E-state index in [-0.39, 0.29) is 6.42 Å². The van der Waals surface area contributed by atoms with Crippen LogP contribution in [0.2, 0.25) is 0 Å². The zero-order valence-corrected chi connectivity index (χ0v) is 8.77. The van der Waals surface area contributed by atoms with Crippen molar-refractivity contribution >= 4 is 5.97 Å². The molecule has 2 aromatic rings. The van der Waals surface area contributed by atoms with Crippen molar-refractivity contribution in [1.29, 1.82) is 0 Å². The molecule has 82 valence electrons. The molecule has 2 aromatic heterocycles. The summed E-state index contributed by atoms with van der Waals surface area (Å²) in [6.45, 7) is 1.85. The summed E-state index contributed by atoms with van der Waals surface area (Å²) in [6.07, 6.45) is 3.34. The van der Waals surface area contributed by atoms with Crippen molar-refractivity contribution in [3.05, 3.63) is 35.8 Å². The van der Waals surface area contributed by atoms with E-state index in [2.05, 4.69) is 15.2 Å². The molecule has 0 unspecified atom stereocenters. The van der Waals surface area contributed by atoms with E-state index in [1.54, 1.807) is 12.4 Å². The Morgan fingerprint density at radius 2 is 2.38 bits per heavy atom. The van der Waals surface area contributed by atoms with Gasteiger partial charge < -0.3 is 5.11 Å². The van der Waals surface area contributed by atoms with E-state index in [9.17, 15) is 4.79 Å². The van der Waals surface area contributed by atoms with Crippen LogP contribution in [0.3, 0.4) is 0 Å². The smallest absolute Gasteiger partial charge is 0.309 e. The first-order valence-electron chi connectivity index (χ1n) is 4.84. The van der Waals surface area contributed by atoms with Crippen LogP contribution in [0.1, 0.15) is 11.3 Å². The number of carbonyl (C=O) groups is 1. The van der Waals surface area contributed by atoms with E-state index in [0.29, 0.717) is 5.69 Å². The van der Waals surface area contributed by atoms with Gasteiger partial charge in [-0.1, -0.05) is 0 Å². The number of carboxylic acid groups (broad SMARTS) is 1. The number of pyridine rings is 1. The van der Waals surface area contributed by atoms with Gasteiger partial charge >= 0.3 is 5.97 Å². The van der Waals surface area contributed by atoms with Gasteiger partial charge in [-0.15, -0.1) is 0 Å². The average molecular weight is 217 g/mol. The molecule has 2 rings (SSSR count). The van der Waals surface area contributed by atoms with Crippen LogP contribution in [0.4, 0.5) is 0 Å². The molecule has 0 amide bonds. The molecule has 0 radical (unpaired) electrons. The summed E-state index contributed by atoms with van der Waals surface area (Å²) < 4.78 is 0. The molecule has 16 heavy (non-hydrogen) atoms. The first kappa shape index (κ1) is 10.4. The number of nitrogens with zero attached hydrogens (tertiary/aromatic N) is 2. The second-order valence-corrected chi connectivity index (χ2v) is 3.49. The molecule has 2 heterocycles. The number of hydrogen-bond acceptors (Lipinski definition) is 3. The summed E-state index contributed by atoms with van der Waals surface area (Å²) in [5.41, 5.74) is 3.12. The number of aliphatic carboxylic acids is 1. The molecule has 0 aliphatic carbocycles. The Morgan fingerprint density at radius 3 is 3.00 bits per heavy atom. The number of aromatic nitrogens is 3. The molecule has 0 fully saturated rings. The fourth-order valence-electron chi connectivity index (χ4n) is 1.54. The van der Waals surface area contributed by atoms with Gasteiger partial charge in [0.25, 0.3) is 0 Å². The van der Waals surface area contributed by atoms with E-state index in [1.807, 2.05) is 19.1 Å².